The molecule has 9 heteroatoms. The van der Waals surface area contributed by atoms with Crippen LogP contribution < -0.4 is 9.62 Å². The zero-order valence-corrected chi connectivity index (χ0v) is 23.0. The second kappa shape index (κ2) is 11.8. The van der Waals surface area contributed by atoms with Gasteiger partial charge in [0.1, 0.15) is 12.6 Å². The molecule has 0 aromatic heterocycles. The van der Waals surface area contributed by atoms with Crippen molar-refractivity contribution in [3.05, 3.63) is 63.6 Å². The van der Waals surface area contributed by atoms with E-state index in [4.69, 9.17) is 0 Å². The Morgan fingerprint density at radius 3 is 2.29 bits per heavy atom. The maximum Gasteiger partial charge on any atom is 0.244 e. The molecule has 1 atom stereocenters. The zero-order valence-electron chi connectivity index (χ0n) is 20.6. The molecule has 0 radical (unpaired) electrons. The first-order valence-corrected chi connectivity index (χ1v) is 13.8. The molecule has 0 aliphatic heterocycles. The molecule has 2 aromatic rings. The van der Waals surface area contributed by atoms with Crippen molar-refractivity contribution >= 4 is 43.5 Å². The number of carbonyl (C=O) groups is 2. The number of hydrogen-bond donors (Lipinski definition) is 1. The summed E-state index contributed by atoms with van der Waals surface area (Å²) in [7, 11) is -3.76. The van der Waals surface area contributed by atoms with Crippen LogP contribution in [0.2, 0.25) is 0 Å². The monoisotopic (exact) mass is 551 g/mol. The summed E-state index contributed by atoms with van der Waals surface area (Å²) in [6.45, 7) is 9.61. The fourth-order valence-electron chi connectivity index (χ4n) is 3.47. The molecule has 0 bridgehead atoms. The second-order valence-corrected chi connectivity index (χ2v) is 11.8. The van der Waals surface area contributed by atoms with Crippen LogP contribution in [0.4, 0.5) is 5.69 Å². The summed E-state index contributed by atoms with van der Waals surface area (Å²) in [4.78, 5) is 27.9. The molecule has 0 spiro atoms. The van der Waals surface area contributed by atoms with Gasteiger partial charge in [-0.1, -0.05) is 54.0 Å². The molecule has 2 rings (SSSR count). The highest BCUT2D eigenvalue weighted by Crippen LogP contribution is 2.25. The lowest BCUT2D eigenvalue weighted by Crippen LogP contribution is -2.51. The van der Waals surface area contributed by atoms with Crippen LogP contribution in [-0.4, -0.2) is 50.5 Å². The van der Waals surface area contributed by atoms with Gasteiger partial charge in [0.15, 0.2) is 0 Å². The molecule has 0 saturated carbocycles. The summed E-state index contributed by atoms with van der Waals surface area (Å²) < 4.78 is 27.4. The summed E-state index contributed by atoms with van der Waals surface area (Å²) in [5.74, 6) is -0.483. The van der Waals surface area contributed by atoms with E-state index < -0.39 is 28.5 Å². The van der Waals surface area contributed by atoms with Crippen LogP contribution in [0, 0.1) is 19.8 Å². The Kier molecular flexibility index (Phi) is 9.70. The fraction of sp³-hybridized carbons (Fsp3) is 0.440. The molecule has 1 N–H and O–H groups in total. The zero-order chi connectivity index (χ0) is 25.6. The van der Waals surface area contributed by atoms with Crippen LogP contribution in [0.25, 0.3) is 0 Å². The van der Waals surface area contributed by atoms with Gasteiger partial charge in [0, 0.05) is 17.6 Å². The molecule has 7 nitrogen and oxygen atoms in total. The van der Waals surface area contributed by atoms with E-state index in [1.807, 2.05) is 58.0 Å². The Hall–Kier alpha value is -2.39. The Balaban J connectivity index is 2.41. The molecule has 2 aromatic carbocycles. The van der Waals surface area contributed by atoms with E-state index >= 15 is 0 Å². The van der Waals surface area contributed by atoms with E-state index in [-0.39, 0.29) is 18.4 Å². The SMILES string of the molecule is Cc1cccc(N(CC(=O)N(Cc2cccc(Br)c2)[C@H](C)C(=O)NCC(C)C)S(C)(=O)=O)c1C. The summed E-state index contributed by atoms with van der Waals surface area (Å²) >= 11 is 3.44. The molecular formula is C25H34BrN3O4S. The number of rotatable bonds is 10. The molecule has 0 fully saturated rings. The van der Waals surface area contributed by atoms with Crippen molar-refractivity contribution in [1.82, 2.24) is 10.2 Å². The predicted octanol–water partition coefficient (Wildman–Crippen LogP) is 4.02. The summed E-state index contributed by atoms with van der Waals surface area (Å²) in [6, 6.07) is 12.0. The third-order valence-corrected chi connectivity index (χ3v) is 7.24. The number of carbonyl (C=O) groups excluding carboxylic acids is 2. The number of hydrogen-bond acceptors (Lipinski definition) is 4. The summed E-state index contributed by atoms with van der Waals surface area (Å²) in [5, 5.41) is 2.87. The number of halogens is 1. The van der Waals surface area contributed by atoms with Gasteiger partial charge in [-0.2, -0.15) is 0 Å². The minimum absolute atomic E-state index is 0.166. The van der Waals surface area contributed by atoms with Gasteiger partial charge in [0.05, 0.1) is 11.9 Å². The van der Waals surface area contributed by atoms with Crippen LogP contribution in [0.15, 0.2) is 46.9 Å². The lowest BCUT2D eigenvalue weighted by atomic mass is 10.1. The van der Waals surface area contributed by atoms with Crippen LogP contribution in [0.1, 0.15) is 37.5 Å². The molecule has 0 aliphatic carbocycles. The van der Waals surface area contributed by atoms with Crippen molar-refractivity contribution in [3.8, 4) is 0 Å². The number of amides is 2. The second-order valence-electron chi connectivity index (χ2n) is 8.96. The fourth-order valence-corrected chi connectivity index (χ4v) is 4.81. The average Bonchev–Trinajstić information content (AvgIpc) is 2.75. The highest BCUT2D eigenvalue weighted by Gasteiger charge is 2.30. The van der Waals surface area contributed by atoms with Crippen molar-refractivity contribution in [1.29, 1.82) is 0 Å². The Labute approximate surface area is 211 Å². The first-order chi connectivity index (χ1) is 15.8. The molecule has 0 unspecified atom stereocenters. The number of aryl methyl sites for hydroxylation is 1. The number of benzene rings is 2. The van der Waals surface area contributed by atoms with Crippen molar-refractivity contribution in [2.24, 2.45) is 5.92 Å². The van der Waals surface area contributed by atoms with E-state index in [9.17, 15) is 18.0 Å². The van der Waals surface area contributed by atoms with Crippen molar-refractivity contribution < 1.29 is 18.0 Å². The largest absolute Gasteiger partial charge is 0.354 e. The summed E-state index contributed by atoms with van der Waals surface area (Å²) in [5.41, 5.74) is 2.98. The predicted molar refractivity (Wildman–Crippen MR) is 140 cm³/mol. The molecule has 34 heavy (non-hydrogen) atoms. The van der Waals surface area contributed by atoms with Crippen molar-refractivity contribution in [2.75, 3.05) is 23.7 Å². The topological polar surface area (TPSA) is 86.8 Å². The highest BCUT2D eigenvalue weighted by atomic mass is 79.9. The normalized spacial score (nSPS) is 12.4. The van der Waals surface area contributed by atoms with Crippen molar-refractivity contribution in [3.63, 3.8) is 0 Å². The number of nitrogens with zero attached hydrogens (tertiary/aromatic N) is 2. The van der Waals surface area contributed by atoms with Crippen LogP contribution in [0.3, 0.4) is 0 Å². The van der Waals surface area contributed by atoms with E-state index in [1.165, 1.54) is 4.90 Å². The standard InChI is InChI=1S/C25H34BrN3O4S/c1-17(2)14-27-25(31)20(5)28(15-21-10-8-11-22(26)13-21)24(30)16-29(34(6,32)33)23-12-7-9-18(3)19(23)4/h7-13,17,20H,14-16H2,1-6H3,(H,27,31)/t20-/m1/s1. The minimum Gasteiger partial charge on any atom is -0.354 e. The lowest BCUT2D eigenvalue weighted by molar-refractivity contribution is -0.139. The van der Waals surface area contributed by atoms with Gasteiger partial charge in [0.25, 0.3) is 0 Å². The Morgan fingerprint density at radius 1 is 1.06 bits per heavy atom. The Bertz CT molecular complexity index is 1130. The molecule has 0 saturated heterocycles. The lowest BCUT2D eigenvalue weighted by Gasteiger charge is -2.32. The maximum absolute atomic E-state index is 13.6. The highest BCUT2D eigenvalue weighted by molar-refractivity contribution is 9.10. The smallest absolute Gasteiger partial charge is 0.244 e. The van der Waals surface area contributed by atoms with E-state index in [1.54, 1.807) is 19.1 Å². The number of nitrogens with one attached hydrogen (secondary N) is 1. The third kappa shape index (κ3) is 7.56. The van der Waals surface area contributed by atoms with E-state index in [2.05, 4.69) is 21.2 Å². The van der Waals surface area contributed by atoms with Gasteiger partial charge >= 0.3 is 0 Å². The van der Waals surface area contributed by atoms with Gasteiger partial charge in [-0.3, -0.25) is 13.9 Å². The Morgan fingerprint density at radius 2 is 1.71 bits per heavy atom. The molecule has 186 valence electrons. The number of anilines is 1. The van der Waals surface area contributed by atoms with Gasteiger partial charge in [0.2, 0.25) is 21.8 Å². The van der Waals surface area contributed by atoms with E-state index in [0.29, 0.717) is 12.2 Å². The number of sulfonamides is 1. The van der Waals surface area contributed by atoms with E-state index in [0.717, 1.165) is 31.7 Å². The van der Waals surface area contributed by atoms with Gasteiger partial charge in [-0.25, -0.2) is 8.42 Å². The first kappa shape index (κ1) is 27.9. The minimum atomic E-state index is -3.76. The molecule has 0 heterocycles. The molecule has 2 amide bonds. The molecule has 0 aliphatic rings. The van der Waals surface area contributed by atoms with Crippen molar-refractivity contribution in [2.45, 2.75) is 47.2 Å². The average molecular weight is 553 g/mol. The van der Waals surface area contributed by atoms with Crippen LogP contribution in [0.5, 0.6) is 0 Å². The van der Waals surface area contributed by atoms with Gasteiger partial charge in [-0.05, 0) is 61.6 Å². The first-order valence-electron chi connectivity index (χ1n) is 11.2. The third-order valence-electron chi connectivity index (χ3n) is 5.62. The van der Waals surface area contributed by atoms with Crippen LogP contribution in [-0.2, 0) is 26.2 Å². The van der Waals surface area contributed by atoms with Gasteiger partial charge in [-0.15, -0.1) is 0 Å². The maximum atomic E-state index is 13.6. The summed E-state index contributed by atoms with van der Waals surface area (Å²) in [6.07, 6.45) is 1.08. The van der Waals surface area contributed by atoms with Crippen LogP contribution >= 0.6 is 15.9 Å². The quantitative estimate of drug-likeness (QED) is 0.483. The molecular weight excluding hydrogens is 518 g/mol. The van der Waals surface area contributed by atoms with Gasteiger partial charge < -0.3 is 10.2 Å².